The molecule has 0 spiro atoms. The van der Waals surface area contributed by atoms with Crippen molar-refractivity contribution in [2.75, 3.05) is 32.5 Å². The average molecular weight is 429 g/mol. The van der Waals surface area contributed by atoms with Crippen LogP contribution in [0.15, 0.2) is 58.2 Å². The SMILES string of the molecule is COC(=O)C1=C(C(=O)OC)N(c2ccc3oc(-c4ccc(Cl)cc4)nc3c2)COC1. The second-order valence-corrected chi connectivity index (χ2v) is 6.83. The van der Waals surface area contributed by atoms with Gasteiger partial charge in [0.15, 0.2) is 5.58 Å². The Kier molecular flexibility index (Phi) is 5.43. The molecule has 0 bridgehead atoms. The van der Waals surface area contributed by atoms with Crippen molar-refractivity contribution in [3.8, 4) is 11.5 Å². The quantitative estimate of drug-likeness (QED) is 0.583. The molecule has 2 heterocycles. The molecule has 3 aromatic rings. The van der Waals surface area contributed by atoms with E-state index in [1.165, 1.54) is 19.1 Å². The second-order valence-electron chi connectivity index (χ2n) is 6.39. The van der Waals surface area contributed by atoms with Gasteiger partial charge in [-0.2, -0.15) is 0 Å². The van der Waals surface area contributed by atoms with Gasteiger partial charge in [0.05, 0.1) is 26.4 Å². The molecule has 1 aromatic heterocycles. The lowest BCUT2D eigenvalue weighted by Crippen LogP contribution is -2.38. The highest BCUT2D eigenvalue weighted by molar-refractivity contribution is 6.30. The maximum atomic E-state index is 12.4. The van der Waals surface area contributed by atoms with E-state index in [4.69, 9.17) is 30.2 Å². The molecule has 9 heteroatoms. The monoisotopic (exact) mass is 428 g/mol. The van der Waals surface area contributed by atoms with Gasteiger partial charge >= 0.3 is 11.9 Å². The van der Waals surface area contributed by atoms with Crippen LogP contribution in [0.4, 0.5) is 5.69 Å². The fourth-order valence-corrected chi connectivity index (χ4v) is 3.27. The van der Waals surface area contributed by atoms with Gasteiger partial charge in [-0.15, -0.1) is 0 Å². The summed E-state index contributed by atoms with van der Waals surface area (Å²) < 4.78 is 21.0. The topological polar surface area (TPSA) is 91.1 Å². The average Bonchev–Trinajstić information content (AvgIpc) is 3.21. The first-order valence-electron chi connectivity index (χ1n) is 8.93. The van der Waals surface area contributed by atoms with E-state index in [-0.39, 0.29) is 24.6 Å². The van der Waals surface area contributed by atoms with Gasteiger partial charge in [0.2, 0.25) is 5.89 Å². The maximum Gasteiger partial charge on any atom is 0.355 e. The van der Waals surface area contributed by atoms with Crippen LogP contribution in [0.5, 0.6) is 0 Å². The second kappa shape index (κ2) is 8.17. The summed E-state index contributed by atoms with van der Waals surface area (Å²) in [7, 11) is 2.49. The van der Waals surface area contributed by atoms with Gasteiger partial charge in [-0.05, 0) is 42.5 Å². The fourth-order valence-electron chi connectivity index (χ4n) is 3.15. The normalized spacial score (nSPS) is 14.2. The zero-order valence-corrected chi connectivity index (χ0v) is 16.9. The smallest absolute Gasteiger partial charge is 0.355 e. The number of rotatable bonds is 4. The predicted molar refractivity (Wildman–Crippen MR) is 109 cm³/mol. The predicted octanol–water partition coefficient (Wildman–Crippen LogP) is 3.54. The summed E-state index contributed by atoms with van der Waals surface area (Å²) in [5.41, 5.74) is 2.65. The number of hydrogen-bond donors (Lipinski definition) is 0. The van der Waals surface area contributed by atoms with E-state index in [1.807, 2.05) is 12.1 Å². The molecule has 0 radical (unpaired) electrons. The minimum Gasteiger partial charge on any atom is -0.466 e. The highest BCUT2D eigenvalue weighted by Crippen LogP contribution is 2.31. The van der Waals surface area contributed by atoms with Crippen molar-refractivity contribution in [3.05, 3.63) is 58.8 Å². The third-order valence-electron chi connectivity index (χ3n) is 4.61. The summed E-state index contributed by atoms with van der Waals surface area (Å²) in [6.07, 6.45) is 0. The minimum atomic E-state index is -0.666. The Hall–Kier alpha value is -3.36. The summed E-state index contributed by atoms with van der Waals surface area (Å²) in [6, 6.07) is 12.4. The van der Waals surface area contributed by atoms with E-state index >= 15 is 0 Å². The van der Waals surface area contributed by atoms with Gasteiger partial charge in [0.1, 0.15) is 17.9 Å². The first-order valence-corrected chi connectivity index (χ1v) is 9.31. The van der Waals surface area contributed by atoms with Crippen LogP contribution < -0.4 is 4.90 Å². The molecule has 0 saturated carbocycles. The Balaban J connectivity index is 1.76. The van der Waals surface area contributed by atoms with Crippen molar-refractivity contribution in [1.29, 1.82) is 0 Å². The lowest BCUT2D eigenvalue weighted by Gasteiger charge is -2.31. The number of nitrogens with zero attached hydrogens (tertiary/aromatic N) is 2. The number of hydrogen-bond acceptors (Lipinski definition) is 8. The summed E-state index contributed by atoms with van der Waals surface area (Å²) >= 11 is 5.94. The summed E-state index contributed by atoms with van der Waals surface area (Å²) in [5.74, 6) is -0.888. The molecule has 0 unspecified atom stereocenters. The summed E-state index contributed by atoms with van der Waals surface area (Å²) in [5, 5.41) is 0.616. The lowest BCUT2D eigenvalue weighted by molar-refractivity contribution is -0.140. The van der Waals surface area contributed by atoms with Gasteiger partial charge in [0, 0.05) is 16.3 Å². The highest BCUT2D eigenvalue weighted by Gasteiger charge is 2.32. The fraction of sp³-hybridized carbons (Fsp3) is 0.190. The van der Waals surface area contributed by atoms with Gasteiger partial charge in [-0.3, -0.25) is 0 Å². The van der Waals surface area contributed by atoms with E-state index in [0.717, 1.165) is 5.56 Å². The van der Waals surface area contributed by atoms with E-state index < -0.39 is 11.9 Å². The number of anilines is 1. The molecular weight excluding hydrogens is 412 g/mol. The van der Waals surface area contributed by atoms with Gasteiger partial charge < -0.3 is 23.5 Å². The van der Waals surface area contributed by atoms with Crippen molar-refractivity contribution >= 4 is 40.3 Å². The van der Waals surface area contributed by atoms with Crippen LogP contribution >= 0.6 is 11.6 Å². The van der Waals surface area contributed by atoms with Crippen LogP contribution in [0.3, 0.4) is 0 Å². The Morgan fingerprint density at radius 3 is 2.50 bits per heavy atom. The molecule has 154 valence electrons. The lowest BCUT2D eigenvalue weighted by atomic mass is 10.1. The molecule has 0 aliphatic carbocycles. The number of fused-ring (bicyclic) bond motifs is 1. The van der Waals surface area contributed by atoms with Crippen LogP contribution in [0.2, 0.25) is 5.02 Å². The van der Waals surface area contributed by atoms with Gasteiger partial charge in [0.25, 0.3) is 0 Å². The number of carbonyl (C=O) groups is 2. The number of methoxy groups -OCH3 is 2. The molecular formula is C21H17ClN2O6. The number of oxazole rings is 1. The van der Waals surface area contributed by atoms with Crippen LogP contribution in [-0.4, -0.2) is 44.5 Å². The van der Waals surface area contributed by atoms with Crippen molar-refractivity contribution < 1.29 is 28.2 Å². The van der Waals surface area contributed by atoms with Crippen LogP contribution in [0.1, 0.15) is 0 Å². The molecule has 30 heavy (non-hydrogen) atoms. The van der Waals surface area contributed by atoms with E-state index in [2.05, 4.69) is 4.98 Å². The summed E-state index contributed by atoms with van der Waals surface area (Å²) in [6.45, 7) is -0.00114. The largest absolute Gasteiger partial charge is 0.466 e. The van der Waals surface area contributed by atoms with Crippen LogP contribution in [-0.2, 0) is 23.8 Å². The summed E-state index contributed by atoms with van der Waals surface area (Å²) in [4.78, 5) is 30.6. The van der Waals surface area contributed by atoms with Crippen molar-refractivity contribution in [2.45, 2.75) is 0 Å². The molecule has 0 saturated heterocycles. The molecule has 0 atom stereocenters. The molecule has 0 fully saturated rings. The van der Waals surface area contributed by atoms with E-state index in [9.17, 15) is 9.59 Å². The van der Waals surface area contributed by atoms with E-state index in [0.29, 0.717) is 27.7 Å². The molecule has 1 aliphatic rings. The third-order valence-corrected chi connectivity index (χ3v) is 4.86. The number of benzene rings is 2. The number of carbonyl (C=O) groups excluding carboxylic acids is 2. The number of halogens is 1. The number of ether oxygens (including phenoxy) is 3. The Morgan fingerprint density at radius 2 is 1.80 bits per heavy atom. The molecule has 0 amide bonds. The first kappa shape index (κ1) is 19.9. The third kappa shape index (κ3) is 3.62. The zero-order valence-electron chi connectivity index (χ0n) is 16.2. The molecule has 8 nitrogen and oxygen atoms in total. The Labute approximate surface area is 176 Å². The molecule has 0 N–H and O–H groups in total. The van der Waals surface area contributed by atoms with Crippen molar-refractivity contribution in [1.82, 2.24) is 4.98 Å². The number of aromatic nitrogens is 1. The standard InChI is InChI=1S/C21H17ClN2O6/c1-27-20(25)15-10-29-11-24(18(15)21(26)28-2)14-7-8-17-16(9-14)23-19(30-17)12-3-5-13(22)6-4-12/h3-9H,10-11H2,1-2H3. The van der Waals surface area contributed by atoms with Crippen LogP contribution in [0, 0.1) is 0 Å². The van der Waals surface area contributed by atoms with Gasteiger partial charge in [-0.25, -0.2) is 14.6 Å². The van der Waals surface area contributed by atoms with E-state index in [1.54, 1.807) is 30.3 Å². The number of esters is 2. The molecule has 4 rings (SSSR count). The van der Waals surface area contributed by atoms with Crippen molar-refractivity contribution in [2.24, 2.45) is 0 Å². The minimum absolute atomic E-state index is 0.0539. The van der Waals surface area contributed by atoms with Gasteiger partial charge in [-0.1, -0.05) is 11.6 Å². The Morgan fingerprint density at radius 1 is 1.07 bits per heavy atom. The highest BCUT2D eigenvalue weighted by atomic mass is 35.5. The molecule has 2 aromatic carbocycles. The van der Waals surface area contributed by atoms with Crippen LogP contribution in [0.25, 0.3) is 22.6 Å². The van der Waals surface area contributed by atoms with Crippen molar-refractivity contribution in [3.63, 3.8) is 0 Å². The zero-order chi connectivity index (χ0) is 21.3. The Bertz CT molecular complexity index is 1150. The molecule has 1 aliphatic heterocycles. The maximum absolute atomic E-state index is 12.4. The first-order chi connectivity index (χ1) is 14.5.